The van der Waals surface area contributed by atoms with Crippen molar-refractivity contribution in [3.05, 3.63) is 24.0 Å². The molecule has 0 bridgehead atoms. The van der Waals surface area contributed by atoms with Gasteiger partial charge in [0.15, 0.2) is 5.13 Å². The highest BCUT2D eigenvalue weighted by molar-refractivity contribution is 7.22. The Balaban J connectivity index is 1.33. The number of carbonyl (C=O) groups excluding carboxylic acids is 1. The molecule has 6 heteroatoms. The van der Waals surface area contributed by atoms with Crippen molar-refractivity contribution in [2.24, 2.45) is 5.92 Å². The molecule has 1 saturated carbocycles. The molecule has 1 amide bonds. The summed E-state index contributed by atoms with van der Waals surface area (Å²) in [5.41, 5.74) is 0.847. The molecule has 4 nitrogen and oxygen atoms in total. The van der Waals surface area contributed by atoms with Gasteiger partial charge in [0, 0.05) is 25.0 Å². The van der Waals surface area contributed by atoms with Crippen molar-refractivity contribution >= 4 is 32.6 Å². The lowest BCUT2D eigenvalue weighted by Gasteiger charge is -2.31. The first-order valence-corrected chi connectivity index (χ1v) is 10.6. The van der Waals surface area contributed by atoms with Gasteiger partial charge in [-0.1, -0.05) is 37.0 Å². The number of hydrogen-bond donors (Lipinski definition) is 1. The maximum atomic E-state index is 13.4. The van der Waals surface area contributed by atoms with Gasteiger partial charge in [-0.3, -0.25) is 4.79 Å². The van der Waals surface area contributed by atoms with Crippen LogP contribution in [0, 0.1) is 11.7 Å². The highest BCUT2D eigenvalue weighted by Gasteiger charge is 2.28. The molecule has 2 aromatic rings. The zero-order valence-electron chi connectivity index (χ0n) is 15.0. The molecule has 1 N–H and O–H groups in total. The van der Waals surface area contributed by atoms with Crippen LogP contribution in [0.15, 0.2) is 18.2 Å². The number of carbonyl (C=O) groups is 1. The fraction of sp³-hybridized carbons (Fsp3) is 0.600. The molecule has 2 heterocycles. The maximum absolute atomic E-state index is 13.4. The van der Waals surface area contributed by atoms with E-state index in [1.807, 2.05) is 0 Å². The standard InChI is InChI=1S/C20H26FN3OS/c21-15-7-8-17-18(13-15)26-20(23-17)24-11-9-14(10-12-24)19(25)22-16-5-3-1-2-4-6-16/h7-8,13-14,16H,1-6,9-12H2,(H,22,25). The fourth-order valence-corrected chi connectivity index (χ4v) is 5.14. The molecule has 140 valence electrons. The minimum absolute atomic E-state index is 0.112. The summed E-state index contributed by atoms with van der Waals surface area (Å²) >= 11 is 1.53. The molecular formula is C20H26FN3OS. The summed E-state index contributed by atoms with van der Waals surface area (Å²) in [7, 11) is 0. The van der Waals surface area contributed by atoms with Gasteiger partial charge in [0.25, 0.3) is 0 Å². The lowest BCUT2D eigenvalue weighted by Crippen LogP contribution is -2.43. The average Bonchev–Trinajstić information content (AvgIpc) is 2.90. The van der Waals surface area contributed by atoms with Crippen LogP contribution in [0.4, 0.5) is 9.52 Å². The second-order valence-corrected chi connectivity index (χ2v) is 8.58. The summed E-state index contributed by atoms with van der Waals surface area (Å²) in [5, 5.41) is 4.24. The number of nitrogens with one attached hydrogen (secondary N) is 1. The molecule has 1 saturated heterocycles. The Morgan fingerprint density at radius 2 is 1.85 bits per heavy atom. The number of rotatable bonds is 3. The first kappa shape index (κ1) is 17.7. The third-order valence-corrected chi connectivity index (χ3v) is 6.76. The van der Waals surface area contributed by atoms with Crippen molar-refractivity contribution in [2.45, 2.75) is 57.4 Å². The molecule has 2 fully saturated rings. The zero-order valence-corrected chi connectivity index (χ0v) is 15.9. The Morgan fingerprint density at radius 3 is 2.58 bits per heavy atom. The Hall–Kier alpha value is -1.69. The molecule has 0 spiro atoms. The number of thiazole rings is 1. The predicted octanol–water partition coefficient (Wildman–Crippen LogP) is 4.49. The van der Waals surface area contributed by atoms with Gasteiger partial charge in [-0.25, -0.2) is 9.37 Å². The number of halogens is 1. The predicted molar refractivity (Wildman–Crippen MR) is 104 cm³/mol. The normalized spacial score (nSPS) is 20.3. The Bertz CT molecular complexity index is 762. The smallest absolute Gasteiger partial charge is 0.223 e. The first-order chi connectivity index (χ1) is 12.7. The van der Waals surface area contributed by atoms with E-state index in [0.29, 0.717) is 6.04 Å². The molecule has 0 radical (unpaired) electrons. The highest BCUT2D eigenvalue weighted by Crippen LogP contribution is 2.32. The summed E-state index contributed by atoms with van der Waals surface area (Å²) in [4.78, 5) is 19.5. The van der Waals surface area contributed by atoms with E-state index in [-0.39, 0.29) is 17.6 Å². The van der Waals surface area contributed by atoms with Gasteiger partial charge in [0.1, 0.15) is 5.82 Å². The van der Waals surface area contributed by atoms with Crippen molar-refractivity contribution in [1.29, 1.82) is 0 Å². The van der Waals surface area contributed by atoms with E-state index in [0.717, 1.165) is 54.1 Å². The van der Waals surface area contributed by atoms with E-state index in [1.54, 1.807) is 12.1 Å². The minimum atomic E-state index is -0.221. The van der Waals surface area contributed by atoms with Gasteiger partial charge in [0.05, 0.1) is 10.2 Å². The van der Waals surface area contributed by atoms with Crippen LogP contribution in [0.5, 0.6) is 0 Å². The molecule has 2 aliphatic rings. The molecule has 1 aromatic carbocycles. The SMILES string of the molecule is O=C(NC1CCCCCC1)C1CCN(c2nc3ccc(F)cc3s2)CC1. The van der Waals surface area contributed by atoms with Gasteiger partial charge in [0.2, 0.25) is 5.91 Å². The van der Waals surface area contributed by atoms with E-state index < -0.39 is 0 Å². The number of aromatic nitrogens is 1. The number of amides is 1. The van der Waals surface area contributed by atoms with Crippen LogP contribution < -0.4 is 10.2 Å². The fourth-order valence-electron chi connectivity index (χ4n) is 4.10. The van der Waals surface area contributed by atoms with E-state index in [1.165, 1.54) is 43.1 Å². The van der Waals surface area contributed by atoms with E-state index >= 15 is 0 Å². The van der Waals surface area contributed by atoms with E-state index in [2.05, 4.69) is 15.2 Å². The van der Waals surface area contributed by atoms with Gasteiger partial charge in [-0.2, -0.15) is 0 Å². The lowest BCUT2D eigenvalue weighted by atomic mass is 9.95. The number of piperidine rings is 1. The average molecular weight is 376 g/mol. The van der Waals surface area contributed by atoms with Crippen LogP contribution in [-0.4, -0.2) is 30.0 Å². The van der Waals surface area contributed by atoms with Gasteiger partial charge < -0.3 is 10.2 Å². The summed E-state index contributed by atoms with van der Waals surface area (Å²) in [6.07, 6.45) is 9.07. The summed E-state index contributed by atoms with van der Waals surface area (Å²) in [6.45, 7) is 1.68. The van der Waals surface area contributed by atoms with Gasteiger partial charge in [-0.05, 0) is 43.9 Å². The number of anilines is 1. The molecular weight excluding hydrogens is 349 g/mol. The highest BCUT2D eigenvalue weighted by atomic mass is 32.1. The quantitative estimate of drug-likeness (QED) is 0.804. The molecule has 26 heavy (non-hydrogen) atoms. The first-order valence-electron chi connectivity index (χ1n) is 9.80. The number of hydrogen-bond acceptors (Lipinski definition) is 4. The van der Waals surface area contributed by atoms with Crippen molar-refractivity contribution in [3.63, 3.8) is 0 Å². The largest absolute Gasteiger partial charge is 0.353 e. The molecule has 0 atom stereocenters. The molecule has 1 aliphatic carbocycles. The third kappa shape index (κ3) is 4.00. The number of benzene rings is 1. The van der Waals surface area contributed by atoms with Crippen LogP contribution in [-0.2, 0) is 4.79 Å². The lowest BCUT2D eigenvalue weighted by molar-refractivity contribution is -0.126. The number of fused-ring (bicyclic) bond motifs is 1. The minimum Gasteiger partial charge on any atom is -0.353 e. The third-order valence-electron chi connectivity index (χ3n) is 5.68. The maximum Gasteiger partial charge on any atom is 0.223 e. The van der Waals surface area contributed by atoms with Crippen LogP contribution in [0.1, 0.15) is 51.4 Å². The molecule has 1 aromatic heterocycles. The van der Waals surface area contributed by atoms with Crippen LogP contribution in [0.3, 0.4) is 0 Å². The molecule has 0 unspecified atom stereocenters. The van der Waals surface area contributed by atoms with Crippen LogP contribution in [0.2, 0.25) is 0 Å². The van der Waals surface area contributed by atoms with Crippen molar-refractivity contribution in [3.8, 4) is 0 Å². The summed E-state index contributed by atoms with van der Waals surface area (Å²) < 4.78 is 14.2. The van der Waals surface area contributed by atoms with Crippen molar-refractivity contribution in [2.75, 3.05) is 18.0 Å². The van der Waals surface area contributed by atoms with E-state index in [4.69, 9.17) is 0 Å². The molecule has 1 aliphatic heterocycles. The van der Waals surface area contributed by atoms with E-state index in [9.17, 15) is 9.18 Å². The van der Waals surface area contributed by atoms with Crippen LogP contribution >= 0.6 is 11.3 Å². The Morgan fingerprint density at radius 1 is 1.12 bits per heavy atom. The second kappa shape index (κ2) is 7.91. The topological polar surface area (TPSA) is 45.2 Å². The monoisotopic (exact) mass is 375 g/mol. The van der Waals surface area contributed by atoms with Crippen LogP contribution in [0.25, 0.3) is 10.2 Å². The van der Waals surface area contributed by atoms with Gasteiger partial charge >= 0.3 is 0 Å². The Kier molecular flexibility index (Phi) is 5.38. The van der Waals surface area contributed by atoms with Crippen molar-refractivity contribution in [1.82, 2.24) is 10.3 Å². The zero-order chi connectivity index (χ0) is 17.9. The van der Waals surface area contributed by atoms with Crippen molar-refractivity contribution < 1.29 is 9.18 Å². The van der Waals surface area contributed by atoms with Gasteiger partial charge in [-0.15, -0.1) is 0 Å². The second-order valence-electron chi connectivity index (χ2n) is 7.57. The Labute approximate surface area is 157 Å². The summed E-state index contributed by atoms with van der Waals surface area (Å²) in [5.74, 6) is 0.130. The number of nitrogens with zero attached hydrogens (tertiary/aromatic N) is 2. The summed E-state index contributed by atoms with van der Waals surface area (Å²) in [6, 6.07) is 5.11. The molecule has 4 rings (SSSR count).